The molecule has 14 heavy (non-hydrogen) atoms. The van der Waals surface area contributed by atoms with Crippen LogP contribution in [0.15, 0.2) is 4.99 Å². The summed E-state index contributed by atoms with van der Waals surface area (Å²) in [6, 6.07) is 0. The summed E-state index contributed by atoms with van der Waals surface area (Å²) in [6.45, 7) is 0.435. The fourth-order valence-electron chi connectivity index (χ4n) is 2.12. The molecule has 1 aliphatic carbocycles. The van der Waals surface area contributed by atoms with Gasteiger partial charge in [-0.15, -0.1) is 0 Å². The van der Waals surface area contributed by atoms with Crippen LogP contribution in [0.5, 0.6) is 0 Å². The van der Waals surface area contributed by atoms with Gasteiger partial charge in [0.25, 0.3) is 0 Å². The van der Waals surface area contributed by atoms with E-state index < -0.39 is 12.3 Å². The number of halogens is 2. The topological polar surface area (TPSA) is 29.4 Å². The van der Waals surface area contributed by atoms with Crippen LogP contribution in [0, 0.1) is 11.8 Å². The number of rotatable bonds is 4. The number of aliphatic imine (C=N–C) groups is 1. The molecule has 0 aromatic carbocycles. The minimum Gasteiger partial charge on any atom is -0.211 e. The van der Waals surface area contributed by atoms with Gasteiger partial charge in [-0.05, 0) is 25.2 Å². The largest absolute Gasteiger partial charge is 0.241 e. The van der Waals surface area contributed by atoms with Crippen molar-refractivity contribution < 1.29 is 13.6 Å². The molecule has 4 heteroatoms. The van der Waals surface area contributed by atoms with Gasteiger partial charge >= 0.3 is 0 Å². The van der Waals surface area contributed by atoms with Crippen LogP contribution in [0.3, 0.4) is 0 Å². The van der Waals surface area contributed by atoms with Crippen molar-refractivity contribution in [2.45, 2.75) is 38.5 Å². The maximum Gasteiger partial charge on any atom is 0.241 e. The summed E-state index contributed by atoms with van der Waals surface area (Å²) in [7, 11) is 0. The van der Waals surface area contributed by atoms with E-state index in [4.69, 9.17) is 0 Å². The molecule has 0 aromatic heterocycles. The predicted octanol–water partition coefficient (Wildman–Crippen LogP) is 2.78. The first kappa shape index (κ1) is 11.3. The molecule has 2 atom stereocenters. The quantitative estimate of drug-likeness (QED) is 0.510. The molecule has 1 fully saturated rings. The number of hydrogen-bond donors (Lipinski definition) is 0. The van der Waals surface area contributed by atoms with E-state index in [9.17, 15) is 13.6 Å². The summed E-state index contributed by atoms with van der Waals surface area (Å²) in [5.41, 5.74) is 0. The summed E-state index contributed by atoms with van der Waals surface area (Å²) in [4.78, 5) is 13.3. The molecule has 0 aromatic rings. The van der Waals surface area contributed by atoms with Crippen molar-refractivity contribution in [3.05, 3.63) is 0 Å². The molecule has 0 bridgehead atoms. The van der Waals surface area contributed by atoms with Gasteiger partial charge in [0.05, 0.1) is 6.54 Å². The van der Waals surface area contributed by atoms with Crippen LogP contribution in [0.1, 0.15) is 32.1 Å². The zero-order valence-electron chi connectivity index (χ0n) is 8.09. The summed E-state index contributed by atoms with van der Waals surface area (Å²) in [6.07, 6.45) is 3.14. The summed E-state index contributed by atoms with van der Waals surface area (Å²) in [5, 5.41) is 0. The SMILES string of the molecule is O=C=NCCC1CCCC(C(F)F)C1. The van der Waals surface area contributed by atoms with Crippen molar-refractivity contribution in [1.82, 2.24) is 0 Å². The Morgan fingerprint density at radius 2 is 2.21 bits per heavy atom. The molecule has 2 nitrogen and oxygen atoms in total. The van der Waals surface area contributed by atoms with Gasteiger partial charge in [0.1, 0.15) is 0 Å². The highest BCUT2D eigenvalue weighted by atomic mass is 19.3. The first-order chi connectivity index (χ1) is 6.74. The van der Waals surface area contributed by atoms with Crippen LogP contribution in [-0.2, 0) is 4.79 Å². The van der Waals surface area contributed by atoms with Crippen LogP contribution in [0.25, 0.3) is 0 Å². The van der Waals surface area contributed by atoms with Crippen molar-refractivity contribution in [2.24, 2.45) is 16.8 Å². The molecule has 0 aliphatic heterocycles. The molecule has 0 N–H and O–H groups in total. The van der Waals surface area contributed by atoms with Crippen LogP contribution < -0.4 is 0 Å². The van der Waals surface area contributed by atoms with E-state index in [0.717, 1.165) is 19.3 Å². The van der Waals surface area contributed by atoms with Gasteiger partial charge in [0.15, 0.2) is 0 Å². The summed E-state index contributed by atoms with van der Waals surface area (Å²) >= 11 is 0. The highest BCUT2D eigenvalue weighted by Gasteiger charge is 2.27. The van der Waals surface area contributed by atoms with Crippen molar-refractivity contribution >= 4 is 6.08 Å². The van der Waals surface area contributed by atoms with Gasteiger partial charge in [-0.1, -0.05) is 12.8 Å². The van der Waals surface area contributed by atoms with Crippen LogP contribution in [-0.4, -0.2) is 19.1 Å². The Balaban J connectivity index is 2.28. The van der Waals surface area contributed by atoms with Gasteiger partial charge in [0.2, 0.25) is 12.5 Å². The first-order valence-electron chi connectivity index (χ1n) is 5.05. The molecular weight excluding hydrogens is 188 g/mol. The monoisotopic (exact) mass is 203 g/mol. The molecule has 0 radical (unpaired) electrons. The highest BCUT2D eigenvalue weighted by molar-refractivity contribution is 5.32. The lowest BCUT2D eigenvalue weighted by Crippen LogP contribution is -2.21. The van der Waals surface area contributed by atoms with E-state index in [1.165, 1.54) is 6.08 Å². The lowest BCUT2D eigenvalue weighted by Gasteiger charge is -2.27. The first-order valence-corrected chi connectivity index (χ1v) is 5.05. The van der Waals surface area contributed by atoms with Gasteiger partial charge in [-0.2, -0.15) is 0 Å². The third kappa shape index (κ3) is 3.54. The van der Waals surface area contributed by atoms with Gasteiger partial charge in [-0.25, -0.2) is 18.6 Å². The molecular formula is C10H15F2NO. The molecule has 80 valence electrons. The molecule has 1 aliphatic rings. The Kier molecular flexibility index (Phi) is 4.74. The number of nitrogens with zero attached hydrogens (tertiary/aromatic N) is 1. The third-order valence-electron chi connectivity index (χ3n) is 2.89. The number of carbonyl (C=O) groups excluding carboxylic acids is 1. The molecule has 0 amide bonds. The number of isocyanates is 1. The minimum atomic E-state index is -2.19. The predicted molar refractivity (Wildman–Crippen MR) is 49.1 cm³/mol. The Hall–Kier alpha value is -0.760. The summed E-state index contributed by atoms with van der Waals surface area (Å²) < 4.78 is 24.8. The maximum absolute atomic E-state index is 12.4. The van der Waals surface area contributed by atoms with Gasteiger partial charge < -0.3 is 0 Å². The van der Waals surface area contributed by atoms with E-state index in [1.807, 2.05) is 0 Å². The Morgan fingerprint density at radius 1 is 1.43 bits per heavy atom. The van der Waals surface area contributed by atoms with Crippen molar-refractivity contribution in [3.8, 4) is 0 Å². The van der Waals surface area contributed by atoms with Gasteiger partial charge in [0, 0.05) is 5.92 Å². The standard InChI is InChI=1S/C10H15F2NO/c11-10(12)9-3-1-2-8(6-9)4-5-13-7-14/h8-10H,1-6H2. The fraction of sp³-hybridized carbons (Fsp3) is 0.900. The lowest BCUT2D eigenvalue weighted by atomic mass is 9.80. The normalized spacial score (nSPS) is 27.4. The number of alkyl halides is 2. The number of hydrogen-bond acceptors (Lipinski definition) is 2. The van der Waals surface area contributed by atoms with Crippen molar-refractivity contribution in [2.75, 3.05) is 6.54 Å². The van der Waals surface area contributed by atoms with E-state index in [-0.39, 0.29) is 0 Å². The van der Waals surface area contributed by atoms with Crippen molar-refractivity contribution in [3.63, 3.8) is 0 Å². The van der Waals surface area contributed by atoms with E-state index in [1.54, 1.807) is 0 Å². The Bertz CT molecular complexity index is 214. The molecule has 1 rings (SSSR count). The zero-order valence-corrected chi connectivity index (χ0v) is 8.09. The average molecular weight is 203 g/mol. The second-order valence-corrected chi connectivity index (χ2v) is 3.89. The van der Waals surface area contributed by atoms with Crippen LogP contribution >= 0.6 is 0 Å². The lowest BCUT2D eigenvalue weighted by molar-refractivity contribution is 0.0411. The minimum absolute atomic E-state index is 0.319. The second-order valence-electron chi connectivity index (χ2n) is 3.89. The van der Waals surface area contributed by atoms with E-state index in [2.05, 4.69) is 4.99 Å². The summed E-state index contributed by atoms with van der Waals surface area (Å²) in [5.74, 6) is -0.117. The molecule has 2 unspecified atom stereocenters. The van der Waals surface area contributed by atoms with Crippen LogP contribution in [0.2, 0.25) is 0 Å². The van der Waals surface area contributed by atoms with Crippen LogP contribution in [0.4, 0.5) is 8.78 Å². The Morgan fingerprint density at radius 3 is 2.86 bits per heavy atom. The molecule has 1 saturated carbocycles. The maximum atomic E-state index is 12.4. The smallest absolute Gasteiger partial charge is 0.211 e. The molecule has 0 saturated heterocycles. The molecule has 0 spiro atoms. The van der Waals surface area contributed by atoms with Gasteiger partial charge in [-0.3, -0.25) is 0 Å². The molecule has 0 heterocycles. The van der Waals surface area contributed by atoms with E-state index in [0.29, 0.717) is 25.3 Å². The second kappa shape index (κ2) is 5.86. The van der Waals surface area contributed by atoms with Crippen molar-refractivity contribution in [1.29, 1.82) is 0 Å². The average Bonchev–Trinajstić information content (AvgIpc) is 2.19. The highest BCUT2D eigenvalue weighted by Crippen LogP contribution is 2.34. The fourth-order valence-corrected chi connectivity index (χ4v) is 2.12. The van der Waals surface area contributed by atoms with E-state index >= 15 is 0 Å². The zero-order chi connectivity index (χ0) is 10.4. The third-order valence-corrected chi connectivity index (χ3v) is 2.89. The Labute approximate surface area is 82.4 Å².